The number of nitrogens with zero attached hydrogens (tertiary/aromatic N) is 3. The van der Waals surface area contributed by atoms with Crippen LogP contribution in [0.3, 0.4) is 0 Å². The molecule has 0 unspecified atom stereocenters. The molecule has 2 heterocycles. The number of thiazole rings is 1. The summed E-state index contributed by atoms with van der Waals surface area (Å²) in [7, 11) is 1.58. The Hall–Kier alpha value is -3.13. The normalized spacial score (nSPS) is 18.8. The van der Waals surface area contributed by atoms with Crippen LogP contribution in [0.1, 0.15) is 38.7 Å². The number of carbonyl (C=O) groups is 1. The van der Waals surface area contributed by atoms with Crippen molar-refractivity contribution in [1.82, 2.24) is 9.88 Å². The second-order valence-corrected chi connectivity index (χ2v) is 9.02. The predicted octanol–water partition coefficient (Wildman–Crippen LogP) is 4.92. The molecule has 4 rings (SSSR count). The molecule has 8 heteroatoms. The first-order valence-corrected chi connectivity index (χ1v) is 11.6. The highest BCUT2D eigenvalue weighted by atomic mass is 32.1. The first-order valence-electron chi connectivity index (χ1n) is 10.8. The van der Waals surface area contributed by atoms with E-state index in [2.05, 4.69) is 29.4 Å². The average molecular weight is 453 g/mol. The maximum absolute atomic E-state index is 12.7. The second-order valence-electron chi connectivity index (χ2n) is 7.99. The van der Waals surface area contributed by atoms with E-state index in [0.29, 0.717) is 11.5 Å². The van der Waals surface area contributed by atoms with Crippen LogP contribution < -0.4 is 14.9 Å². The number of likely N-dealkylation sites (tertiary alicyclic amines) is 1. The van der Waals surface area contributed by atoms with Gasteiger partial charge in [-0.3, -0.25) is 10.2 Å². The summed E-state index contributed by atoms with van der Waals surface area (Å²) in [6.45, 7) is 4.20. The molecule has 32 heavy (non-hydrogen) atoms. The SMILES string of the molecule is COc1cc(C=NNc2nc3ccccc3s2)ccc1OCC(=O)N1[C@H](C)CCC[C@@H]1C. The quantitative estimate of drug-likeness (QED) is 0.407. The summed E-state index contributed by atoms with van der Waals surface area (Å²) in [6.07, 6.45) is 4.94. The third-order valence-corrected chi connectivity index (χ3v) is 6.63. The molecule has 1 N–H and O–H groups in total. The first kappa shape index (κ1) is 22.1. The molecular weight excluding hydrogens is 424 g/mol. The Balaban J connectivity index is 1.37. The summed E-state index contributed by atoms with van der Waals surface area (Å²) in [5.41, 5.74) is 4.76. The van der Waals surface area contributed by atoms with Crippen molar-refractivity contribution in [2.24, 2.45) is 5.10 Å². The van der Waals surface area contributed by atoms with E-state index < -0.39 is 0 Å². The van der Waals surface area contributed by atoms with Crippen molar-refractivity contribution in [1.29, 1.82) is 0 Å². The van der Waals surface area contributed by atoms with Crippen LogP contribution in [-0.2, 0) is 4.79 Å². The number of para-hydroxylation sites is 1. The Morgan fingerprint density at radius 1 is 1.22 bits per heavy atom. The molecule has 168 valence electrons. The molecule has 1 fully saturated rings. The van der Waals surface area contributed by atoms with Crippen LogP contribution in [0.25, 0.3) is 10.2 Å². The smallest absolute Gasteiger partial charge is 0.260 e. The molecule has 1 saturated heterocycles. The zero-order valence-electron chi connectivity index (χ0n) is 18.6. The fraction of sp³-hybridized carbons (Fsp3) is 0.375. The van der Waals surface area contributed by atoms with Crippen molar-refractivity contribution in [2.75, 3.05) is 19.1 Å². The zero-order chi connectivity index (χ0) is 22.5. The molecule has 3 aromatic rings. The predicted molar refractivity (Wildman–Crippen MR) is 129 cm³/mol. The van der Waals surface area contributed by atoms with Crippen LogP contribution in [0.2, 0.25) is 0 Å². The first-order chi connectivity index (χ1) is 15.5. The van der Waals surface area contributed by atoms with Gasteiger partial charge in [-0.15, -0.1) is 0 Å². The number of amides is 1. The Labute approximate surface area is 192 Å². The van der Waals surface area contributed by atoms with Gasteiger partial charge in [-0.2, -0.15) is 5.10 Å². The summed E-state index contributed by atoms with van der Waals surface area (Å²) >= 11 is 1.55. The number of carbonyl (C=O) groups excluding carboxylic acids is 1. The minimum absolute atomic E-state index is 0.00234. The number of nitrogens with one attached hydrogen (secondary N) is 1. The van der Waals surface area contributed by atoms with E-state index >= 15 is 0 Å². The number of rotatable bonds is 7. The summed E-state index contributed by atoms with van der Waals surface area (Å²) in [6, 6.07) is 14.0. The number of aromatic nitrogens is 1. The lowest BCUT2D eigenvalue weighted by Crippen LogP contribution is -2.49. The van der Waals surface area contributed by atoms with Crippen molar-refractivity contribution >= 4 is 38.8 Å². The highest BCUT2D eigenvalue weighted by Gasteiger charge is 2.29. The van der Waals surface area contributed by atoms with Crippen molar-refractivity contribution in [3.05, 3.63) is 48.0 Å². The summed E-state index contributed by atoms with van der Waals surface area (Å²) in [5.74, 6) is 1.10. The maximum Gasteiger partial charge on any atom is 0.260 e. The van der Waals surface area contributed by atoms with Gasteiger partial charge in [0.2, 0.25) is 5.13 Å². The molecule has 0 bridgehead atoms. The molecule has 0 aliphatic carbocycles. The van der Waals surface area contributed by atoms with Crippen molar-refractivity contribution in [3.8, 4) is 11.5 Å². The third-order valence-electron chi connectivity index (χ3n) is 5.69. The number of benzene rings is 2. The van der Waals surface area contributed by atoms with Gasteiger partial charge >= 0.3 is 0 Å². The molecule has 2 aromatic carbocycles. The minimum atomic E-state index is -0.00234. The Kier molecular flexibility index (Phi) is 6.90. The number of hydrogen-bond donors (Lipinski definition) is 1. The molecule has 1 aliphatic rings. The van der Waals surface area contributed by atoms with Gasteiger partial charge in [0.05, 0.1) is 23.5 Å². The van der Waals surface area contributed by atoms with E-state index in [9.17, 15) is 4.79 Å². The van der Waals surface area contributed by atoms with Crippen LogP contribution in [0.5, 0.6) is 11.5 Å². The van der Waals surface area contributed by atoms with Gasteiger partial charge in [-0.25, -0.2) is 4.98 Å². The molecule has 7 nitrogen and oxygen atoms in total. The highest BCUT2D eigenvalue weighted by Crippen LogP contribution is 2.29. The number of hydrogen-bond acceptors (Lipinski definition) is 7. The number of piperidine rings is 1. The van der Waals surface area contributed by atoms with Crippen molar-refractivity contribution in [2.45, 2.75) is 45.2 Å². The fourth-order valence-corrected chi connectivity index (χ4v) is 4.91. The lowest BCUT2D eigenvalue weighted by atomic mass is 9.97. The monoisotopic (exact) mass is 452 g/mol. The van der Waals surface area contributed by atoms with E-state index in [1.165, 1.54) is 0 Å². The Morgan fingerprint density at radius 3 is 2.75 bits per heavy atom. The topological polar surface area (TPSA) is 76.0 Å². The molecule has 1 aromatic heterocycles. The lowest BCUT2D eigenvalue weighted by molar-refractivity contribution is -0.139. The zero-order valence-corrected chi connectivity index (χ0v) is 19.4. The van der Waals surface area contributed by atoms with Crippen LogP contribution in [0.4, 0.5) is 5.13 Å². The minimum Gasteiger partial charge on any atom is -0.493 e. The van der Waals surface area contributed by atoms with E-state index in [1.54, 1.807) is 30.7 Å². The lowest BCUT2D eigenvalue weighted by Gasteiger charge is -2.39. The molecule has 1 aliphatic heterocycles. The number of ether oxygens (including phenoxy) is 2. The Bertz CT molecular complexity index is 1070. The van der Waals surface area contributed by atoms with Crippen LogP contribution in [0.15, 0.2) is 47.6 Å². The van der Waals surface area contributed by atoms with Crippen molar-refractivity contribution in [3.63, 3.8) is 0 Å². The van der Waals surface area contributed by atoms with Crippen LogP contribution >= 0.6 is 11.3 Å². The van der Waals surface area contributed by atoms with Gasteiger partial charge in [0.15, 0.2) is 18.1 Å². The average Bonchev–Trinajstić information content (AvgIpc) is 3.20. The summed E-state index contributed by atoms with van der Waals surface area (Å²) in [4.78, 5) is 19.2. The van der Waals surface area contributed by atoms with Gasteiger partial charge < -0.3 is 14.4 Å². The largest absolute Gasteiger partial charge is 0.493 e. The number of anilines is 1. The molecular formula is C24H28N4O3S. The van der Waals surface area contributed by atoms with E-state index in [1.807, 2.05) is 41.3 Å². The summed E-state index contributed by atoms with van der Waals surface area (Å²) in [5, 5.41) is 5.01. The molecule has 1 amide bonds. The molecule has 0 spiro atoms. The van der Waals surface area contributed by atoms with Gasteiger partial charge in [0, 0.05) is 12.1 Å². The molecule has 0 saturated carbocycles. The van der Waals surface area contributed by atoms with Gasteiger partial charge in [-0.05, 0) is 69.0 Å². The van der Waals surface area contributed by atoms with Gasteiger partial charge in [0.25, 0.3) is 5.91 Å². The van der Waals surface area contributed by atoms with E-state index in [4.69, 9.17) is 9.47 Å². The van der Waals surface area contributed by atoms with Gasteiger partial charge in [0.1, 0.15) is 0 Å². The Morgan fingerprint density at radius 2 is 2.00 bits per heavy atom. The number of methoxy groups -OCH3 is 1. The van der Waals surface area contributed by atoms with E-state index in [0.717, 1.165) is 40.2 Å². The molecule has 0 radical (unpaired) electrons. The van der Waals surface area contributed by atoms with E-state index in [-0.39, 0.29) is 24.6 Å². The molecule has 2 atom stereocenters. The second kappa shape index (κ2) is 9.99. The number of fused-ring (bicyclic) bond motifs is 1. The van der Waals surface area contributed by atoms with Crippen molar-refractivity contribution < 1.29 is 14.3 Å². The maximum atomic E-state index is 12.7. The number of hydrazone groups is 1. The summed E-state index contributed by atoms with van der Waals surface area (Å²) < 4.78 is 12.4. The van der Waals surface area contributed by atoms with Crippen LogP contribution in [-0.4, -0.2) is 47.8 Å². The standard InChI is InChI=1S/C24H28N4O3S/c1-16-7-6-8-17(2)28(16)23(29)15-31-20-12-11-18(13-21(20)30-3)14-25-27-24-26-19-9-4-5-10-22(19)32-24/h4-5,9-14,16-17H,6-8,15H2,1-3H3,(H,26,27)/t16-,17+. The third kappa shape index (κ3) is 5.02. The fourth-order valence-electron chi connectivity index (χ4n) is 4.09. The van der Waals surface area contributed by atoms with Gasteiger partial charge in [-0.1, -0.05) is 23.5 Å². The highest BCUT2D eigenvalue weighted by molar-refractivity contribution is 7.22. The van der Waals surface area contributed by atoms with Crippen LogP contribution in [0, 0.1) is 0 Å².